The van der Waals surface area contributed by atoms with Crippen molar-refractivity contribution in [3.8, 4) is 0 Å². The van der Waals surface area contributed by atoms with Gasteiger partial charge in [0.05, 0.1) is 10.9 Å². The molecule has 2 aliphatic heterocycles. The number of piperidine rings is 1. The summed E-state index contributed by atoms with van der Waals surface area (Å²) in [6.07, 6.45) is 3.29. The third kappa shape index (κ3) is 3.73. The summed E-state index contributed by atoms with van der Waals surface area (Å²) < 4.78 is 3.05. The van der Waals surface area contributed by atoms with Gasteiger partial charge in [-0.25, -0.2) is 0 Å². The number of aryl methyl sites for hydroxylation is 1. The highest BCUT2D eigenvalue weighted by Crippen LogP contribution is 2.28. The average molecular weight is 380 g/mol. The summed E-state index contributed by atoms with van der Waals surface area (Å²) in [5.41, 5.74) is 0. The lowest BCUT2D eigenvalue weighted by atomic mass is 9.95. The fraction of sp³-hybridized carbons (Fsp3) is 0.588. The van der Waals surface area contributed by atoms with E-state index in [9.17, 15) is 4.79 Å². The van der Waals surface area contributed by atoms with Gasteiger partial charge >= 0.3 is 0 Å². The van der Waals surface area contributed by atoms with Gasteiger partial charge in [0.15, 0.2) is 0 Å². The van der Waals surface area contributed by atoms with Crippen LogP contribution in [-0.2, 0) is 24.3 Å². The zero-order valence-corrected chi connectivity index (χ0v) is 15.7. The van der Waals surface area contributed by atoms with E-state index < -0.39 is 0 Å². The zero-order chi connectivity index (χ0) is 17.2. The van der Waals surface area contributed by atoms with Crippen LogP contribution in [0.1, 0.15) is 41.7 Å². The molecule has 2 aromatic heterocycles. The Morgan fingerprint density at radius 3 is 2.88 bits per heavy atom. The predicted molar refractivity (Wildman–Crippen MR) is 97.9 cm³/mol. The fourth-order valence-corrected chi connectivity index (χ4v) is 4.77. The van der Waals surface area contributed by atoms with Crippen LogP contribution in [0.3, 0.4) is 0 Å². The van der Waals surface area contributed by atoms with Gasteiger partial charge in [0.25, 0.3) is 0 Å². The molecule has 0 aromatic carbocycles. The van der Waals surface area contributed by atoms with E-state index >= 15 is 0 Å². The number of aromatic nitrogens is 3. The van der Waals surface area contributed by atoms with Gasteiger partial charge in [-0.05, 0) is 31.4 Å². The number of carbonyl (C=O) groups is 1. The Hall–Kier alpha value is -1.44. The van der Waals surface area contributed by atoms with E-state index in [1.165, 1.54) is 4.88 Å². The van der Waals surface area contributed by atoms with E-state index in [-0.39, 0.29) is 5.91 Å². The van der Waals surface area contributed by atoms with Crippen LogP contribution in [0.5, 0.6) is 0 Å². The van der Waals surface area contributed by atoms with Crippen LogP contribution in [0.15, 0.2) is 12.1 Å². The highest BCUT2D eigenvalue weighted by atomic mass is 35.5. The number of fused-ring (bicyclic) bond motifs is 1. The summed E-state index contributed by atoms with van der Waals surface area (Å²) in [6.45, 7) is 4.35. The predicted octanol–water partition coefficient (Wildman–Crippen LogP) is 2.44. The maximum Gasteiger partial charge on any atom is 0.222 e. The number of nitrogens with zero attached hydrogens (tertiary/aromatic N) is 4. The Balaban J connectivity index is 1.30. The maximum atomic E-state index is 12.5. The molecule has 0 saturated carbocycles. The molecule has 1 amide bonds. The molecule has 134 valence electrons. The minimum atomic E-state index is 0.246. The van der Waals surface area contributed by atoms with E-state index in [0.29, 0.717) is 12.3 Å². The summed E-state index contributed by atoms with van der Waals surface area (Å²) in [7, 11) is 0. The van der Waals surface area contributed by atoms with Gasteiger partial charge < -0.3 is 14.8 Å². The Labute approximate surface area is 156 Å². The minimum absolute atomic E-state index is 0.246. The molecule has 1 N–H and O–H groups in total. The molecule has 0 unspecified atom stereocenters. The summed E-state index contributed by atoms with van der Waals surface area (Å²) in [5, 5.41) is 12.1. The Kier molecular flexibility index (Phi) is 5.05. The zero-order valence-electron chi connectivity index (χ0n) is 14.1. The molecule has 4 rings (SSSR count). The molecule has 8 heteroatoms. The van der Waals surface area contributed by atoms with E-state index in [2.05, 4.69) is 20.1 Å². The van der Waals surface area contributed by atoms with Gasteiger partial charge in [-0.3, -0.25) is 4.79 Å². The highest BCUT2D eigenvalue weighted by molar-refractivity contribution is 7.16. The van der Waals surface area contributed by atoms with Crippen LogP contribution in [-0.4, -0.2) is 45.2 Å². The normalized spacial score (nSPS) is 18.4. The largest absolute Gasteiger partial charge is 0.343 e. The number of hydrogen-bond acceptors (Lipinski definition) is 5. The van der Waals surface area contributed by atoms with Gasteiger partial charge in [-0.15, -0.1) is 21.5 Å². The van der Waals surface area contributed by atoms with Crippen molar-refractivity contribution in [1.29, 1.82) is 0 Å². The molecular formula is C17H22ClN5OS. The van der Waals surface area contributed by atoms with Crippen LogP contribution in [0, 0.1) is 0 Å². The SMILES string of the molecule is O=C(CCc1ccc(Cl)s1)N1CCC(c2nnc3n2CCNC3)CC1. The lowest BCUT2D eigenvalue weighted by Gasteiger charge is -2.32. The number of nitrogens with one attached hydrogen (secondary N) is 1. The second-order valence-electron chi connectivity index (χ2n) is 6.66. The van der Waals surface area contributed by atoms with Gasteiger partial charge in [-0.1, -0.05) is 11.6 Å². The Morgan fingerprint density at radius 1 is 1.28 bits per heavy atom. The van der Waals surface area contributed by atoms with Gasteiger partial charge in [0.2, 0.25) is 5.91 Å². The molecule has 1 saturated heterocycles. The number of amides is 1. The molecule has 6 nitrogen and oxygen atoms in total. The second-order valence-corrected chi connectivity index (χ2v) is 8.46. The molecule has 2 aliphatic rings. The third-order valence-electron chi connectivity index (χ3n) is 5.08. The number of likely N-dealkylation sites (tertiary alicyclic amines) is 1. The van der Waals surface area contributed by atoms with Crippen molar-refractivity contribution in [3.05, 3.63) is 33.0 Å². The molecule has 0 atom stereocenters. The van der Waals surface area contributed by atoms with Gasteiger partial charge in [0.1, 0.15) is 11.6 Å². The van der Waals surface area contributed by atoms with Gasteiger partial charge in [-0.2, -0.15) is 0 Å². The van der Waals surface area contributed by atoms with Crippen LogP contribution in [0.4, 0.5) is 0 Å². The smallest absolute Gasteiger partial charge is 0.222 e. The monoisotopic (exact) mass is 379 g/mol. The van der Waals surface area contributed by atoms with E-state index in [4.69, 9.17) is 11.6 Å². The number of thiophene rings is 1. The summed E-state index contributed by atoms with van der Waals surface area (Å²) in [5.74, 6) is 2.81. The summed E-state index contributed by atoms with van der Waals surface area (Å²) >= 11 is 7.51. The molecule has 0 aliphatic carbocycles. The van der Waals surface area contributed by atoms with Crippen molar-refractivity contribution in [3.63, 3.8) is 0 Å². The number of rotatable bonds is 4. The van der Waals surface area contributed by atoms with Crippen molar-refractivity contribution in [1.82, 2.24) is 25.0 Å². The van der Waals surface area contributed by atoms with Crippen molar-refractivity contribution >= 4 is 28.8 Å². The van der Waals surface area contributed by atoms with E-state index in [0.717, 1.165) is 68.0 Å². The standard InChI is InChI=1S/C17H22ClN5OS/c18-14-3-1-13(25-14)2-4-16(24)22-8-5-12(6-9-22)17-21-20-15-11-19-7-10-23(15)17/h1,3,12,19H,2,4-11H2. The molecule has 0 radical (unpaired) electrons. The topological polar surface area (TPSA) is 63.1 Å². The van der Waals surface area contributed by atoms with E-state index in [1.807, 2.05) is 17.0 Å². The molecular weight excluding hydrogens is 358 g/mol. The van der Waals surface area contributed by atoms with Crippen molar-refractivity contribution < 1.29 is 4.79 Å². The number of halogens is 1. The molecule has 0 spiro atoms. The van der Waals surface area contributed by atoms with Crippen molar-refractivity contribution in [2.45, 2.75) is 44.7 Å². The average Bonchev–Trinajstić information content (AvgIpc) is 3.26. The molecule has 25 heavy (non-hydrogen) atoms. The lowest BCUT2D eigenvalue weighted by Crippen LogP contribution is -2.39. The maximum absolute atomic E-state index is 12.5. The first-order chi connectivity index (χ1) is 12.2. The van der Waals surface area contributed by atoms with E-state index in [1.54, 1.807) is 11.3 Å². The first-order valence-corrected chi connectivity index (χ1v) is 10.0. The minimum Gasteiger partial charge on any atom is -0.343 e. The van der Waals surface area contributed by atoms with Crippen LogP contribution in [0.25, 0.3) is 0 Å². The number of carbonyl (C=O) groups excluding carboxylic acids is 1. The van der Waals surface area contributed by atoms with Crippen molar-refractivity contribution in [2.75, 3.05) is 19.6 Å². The van der Waals surface area contributed by atoms with Crippen LogP contribution >= 0.6 is 22.9 Å². The fourth-order valence-electron chi connectivity index (χ4n) is 3.68. The second kappa shape index (κ2) is 7.43. The van der Waals surface area contributed by atoms with Crippen LogP contribution in [0.2, 0.25) is 4.34 Å². The van der Waals surface area contributed by atoms with Crippen LogP contribution < -0.4 is 5.32 Å². The quantitative estimate of drug-likeness (QED) is 0.886. The Morgan fingerprint density at radius 2 is 2.12 bits per heavy atom. The van der Waals surface area contributed by atoms with Gasteiger partial charge in [0, 0.05) is 43.4 Å². The third-order valence-corrected chi connectivity index (χ3v) is 6.37. The molecule has 4 heterocycles. The van der Waals surface area contributed by atoms with Crippen molar-refractivity contribution in [2.24, 2.45) is 0 Å². The lowest BCUT2D eigenvalue weighted by molar-refractivity contribution is -0.132. The highest BCUT2D eigenvalue weighted by Gasteiger charge is 2.28. The summed E-state index contributed by atoms with van der Waals surface area (Å²) in [4.78, 5) is 15.6. The summed E-state index contributed by atoms with van der Waals surface area (Å²) in [6, 6.07) is 3.90. The molecule has 1 fully saturated rings. The first kappa shape index (κ1) is 17.0. The molecule has 2 aromatic rings. The molecule has 0 bridgehead atoms. The Bertz CT molecular complexity index is 750. The number of hydrogen-bond donors (Lipinski definition) is 1. The first-order valence-electron chi connectivity index (χ1n) is 8.85.